The normalized spacial score (nSPS) is 0.750. The smallest absolute Gasteiger partial charge is 0 e. The molecule has 1 radical (unpaired) electrons. The summed E-state index contributed by atoms with van der Waals surface area (Å²) in [6.45, 7) is 0. The van der Waals surface area contributed by atoms with E-state index in [1.165, 1.54) is 0 Å². The quantitative estimate of drug-likeness (QED) is 0.278. The topological polar surface area (TPSA) is 198 Å². The monoisotopic (exact) mass is 175 g/mol. The molecule has 0 aliphatic heterocycles. The fraction of sp³-hybridized carbons (Fsp3) is 0. The molecule has 0 heterocycles. The molecular weight excluding hydrogens is 163 g/mol. The van der Waals surface area contributed by atoms with E-state index in [2.05, 4.69) is 0 Å². The minimum Gasteiger partial charge on any atom is -0.412 e. The first-order chi connectivity index (χ1) is 1.00. The molecule has 12 N–H and O–H groups in total. The largest absolute Gasteiger partial charge is 0.412 e. The predicted octanol–water partition coefficient (Wildman–Crippen LogP) is -4.11. The van der Waals surface area contributed by atoms with E-state index in [4.69, 9.17) is 10.5 Å². The Balaban J connectivity index is -0.000000000333. The maximum absolute atomic E-state index is 6.00. The van der Waals surface area contributed by atoms with Crippen LogP contribution in [0.15, 0.2) is 0 Å². The SMILES string of the molecule is O.O.O.O.O.OO.[V]. The molecule has 0 bridgehead atoms. The Labute approximate surface area is 57.3 Å². The molecule has 0 fully saturated rings. The van der Waals surface area contributed by atoms with Crippen LogP contribution >= 0.6 is 0 Å². The van der Waals surface area contributed by atoms with Gasteiger partial charge < -0.3 is 27.4 Å². The van der Waals surface area contributed by atoms with Crippen molar-refractivity contribution in [3.63, 3.8) is 0 Å². The van der Waals surface area contributed by atoms with Crippen LogP contribution in [0.4, 0.5) is 0 Å². The average Bonchev–Trinajstić information content (AvgIpc) is 1.00. The minimum atomic E-state index is 0. The number of hydrogen-bond donors (Lipinski definition) is 2. The van der Waals surface area contributed by atoms with Crippen molar-refractivity contribution >= 4 is 0 Å². The first-order valence-electron chi connectivity index (χ1n) is 0.200. The maximum Gasteiger partial charge on any atom is 0 e. The molecule has 8 heavy (non-hydrogen) atoms. The van der Waals surface area contributed by atoms with Crippen LogP contribution in [0.5, 0.6) is 0 Å². The molecule has 0 rings (SSSR count). The zero-order valence-electron chi connectivity index (χ0n) is 3.84. The molecule has 0 amide bonds. The van der Waals surface area contributed by atoms with Crippen molar-refractivity contribution < 1.29 is 56.5 Å². The van der Waals surface area contributed by atoms with Gasteiger partial charge in [0.15, 0.2) is 0 Å². The zero-order valence-corrected chi connectivity index (χ0v) is 5.24. The summed E-state index contributed by atoms with van der Waals surface area (Å²) in [6, 6.07) is 0. The van der Waals surface area contributed by atoms with Gasteiger partial charge in [-0.2, -0.15) is 0 Å². The van der Waals surface area contributed by atoms with E-state index in [0.29, 0.717) is 0 Å². The minimum absolute atomic E-state index is 0. The third kappa shape index (κ3) is 1910. The molecule has 0 aliphatic carbocycles. The molecule has 0 aromatic heterocycles. The van der Waals surface area contributed by atoms with E-state index in [0.717, 1.165) is 0 Å². The maximum atomic E-state index is 6.00. The van der Waals surface area contributed by atoms with Crippen LogP contribution in [0.25, 0.3) is 0 Å². The summed E-state index contributed by atoms with van der Waals surface area (Å²) in [5.74, 6) is 0. The van der Waals surface area contributed by atoms with Crippen LogP contribution in [-0.4, -0.2) is 37.9 Å². The van der Waals surface area contributed by atoms with Crippen LogP contribution in [-0.2, 0) is 18.6 Å². The van der Waals surface area contributed by atoms with Gasteiger partial charge >= 0.3 is 0 Å². The Bertz CT molecular complexity index is 4.35. The summed E-state index contributed by atoms with van der Waals surface area (Å²) < 4.78 is 0. The molecule has 0 aromatic rings. The van der Waals surface area contributed by atoms with Crippen LogP contribution < -0.4 is 0 Å². The van der Waals surface area contributed by atoms with Crippen LogP contribution in [0.3, 0.4) is 0 Å². The van der Waals surface area contributed by atoms with Crippen molar-refractivity contribution in [1.82, 2.24) is 0 Å². The first-order valence-corrected chi connectivity index (χ1v) is 0.200. The van der Waals surface area contributed by atoms with E-state index >= 15 is 0 Å². The average molecular weight is 175 g/mol. The molecule has 59 valence electrons. The Hall–Kier alpha value is 0.304. The van der Waals surface area contributed by atoms with E-state index in [1.54, 1.807) is 0 Å². The van der Waals surface area contributed by atoms with Gasteiger partial charge in [-0.25, -0.2) is 0 Å². The summed E-state index contributed by atoms with van der Waals surface area (Å²) in [4.78, 5) is 0. The molecule has 0 unspecified atom stereocenters. The second-order valence-electron chi connectivity index (χ2n) is 0. The van der Waals surface area contributed by atoms with Gasteiger partial charge in [-0.3, -0.25) is 10.5 Å². The van der Waals surface area contributed by atoms with Crippen molar-refractivity contribution in [1.29, 1.82) is 0 Å². The van der Waals surface area contributed by atoms with E-state index in [1.807, 2.05) is 0 Å². The Morgan fingerprint density at radius 3 is 0.500 bits per heavy atom. The summed E-state index contributed by atoms with van der Waals surface area (Å²) in [6.07, 6.45) is 0. The molecule has 0 spiro atoms. The van der Waals surface area contributed by atoms with Crippen LogP contribution in [0.1, 0.15) is 0 Å². The molecule has 0 aromatic carbocycles. The molecule has 0 saturated carbocycles. The molecule has 7 nitrogen and oxygen atoms in total. The summed E-state index contributed by atoms with van der Waals surface area (Å²) in [5, 5.41) is 12.0. The van der Waals surface area contributed by atoms with Gasteiger partial charge in [-0.05, 0) is 0 Å². The standard InChI is InChI=1S/H2O2.5H2O.V/c1-2;;;;;;/h1-2H;5*1H2;. The number of rotatable bonds is 0. The summed E-state index contributed by atoms with van der Waals surface area (Å²) in [5.41, 5.74) is 0. The van der Waals surface area contributed by atoms with Crippen molar-refractivity contribution in [3.05, 3.63) is 0 Å². The molecule has 0 aliphatic rings. The van der Waals surface area contributed by atoms with Gasteiger partial charge in [-0.1, -0.05) is 0 Å². The van der Waals surface area contributed by atoms with Crippen molar-refractivity contribution in [2.45, 2.75) is 0 Å². The Kier molecular flexibility index (Phi) is 102000. The van der Waals surface area contributed by atoms with Gasteiger partial charge in [0.25, 0.3) is 0 Å². The molecule has 0 saturated heterocycles. The van der Waals surface area contributed by atoms with Gasteiger partial charge in [-0.15, -0.1) is 0 Å². The molecule has 0 atom stereocenters. The predicted molar refractivity (Wildman–Crippen MR) is 23.3 cm³/mol. The van der Waals surface area contributed by atoms with Gasteiger partial charge in [0.1, 0.15) is 0 Å². The van der Waals surface area contributed by atoms with Gasteiger partial charge in [0.05, 0.1) is 0 Å². The third-order valence-corrected chi connectivity index (χ3v) is 0. The van der Waals surface area contributed by atoms with E-state index < -0.39 is 0 Å². The van der Waals surface area contributed by atoms with Gasteiger partial charge in [0, 0.05) is 18.6 Å². The Morgan fingerprint density at radius 1 is 0.500 bits per heavy atom. The fourth-order valence-corrected chi connectivity index (χ4v) is 0. The van der Waals surface area contributed by atoms with Crippen molar-refractivity contribution in [2.75, 3.05) is 0 Å². The van der Waals surface area contributed by atoms with E-state index in [9.17, 15) is 0 Å². The van der Waals surface area contributed by atoms with Crippen molar-refractivity contribution in [3.8, 4) is 0 Å². The summed E-state index contributed by atoms with van der Waals surface area (Å²) in [7, 11) is 0. The van der Waals surface area contributed by atoms with Crippen LogP contribution in [0.2, 0.25) is 0 Å². The van der Waals surface area contributed by atoms with E-state index in [-0.39, 0.29) is 45.9 Å². The third-order valence-electron chi connectivity index (χ3n) is 0. The zero-order chi connectivity index (χ0) is 2.00. The molecule has 8 heteroatoms. The fourth-order valence-electron chi connectivity index (χ4n) is 0. The Morgan fingerprint density at radius 2 is 0.500 bits per heavy atom. The number of hydrogen-bond acceptors (Lipinski definition) is 2. The van der Waals surface area contributed by atoms with Crippen LogP contribution in [0, 0.1) is 0 Å². The second-order valence-corrected chi connectivity index (χ2v) is 0. The van der Waals surface area contributed by atoms with Crippen molar-refractivity contribution in [2.24, 2.45) is 0 Å². The molecular formula is H12O7V. The first kappa shape index (κ1) is 260. The van der Waals surface area contributed by atoms with Gasteiger partial charge in [0.2, 0.25) is 0 Å². The summed E-state index contributed by atoms with van der Waals surface area (Å²) >= 11 is 0. The second kappa shape index (κ2) is 3130.